The lowest BCUT2D eigenvalue weighted by molar-refractivity contribution is -0.118. The lowest BCUT2D eigenvalue weighted by Crippen LogP contribution is -2.21. The van der Waals surface area contributed by atoms with Gasteiger partial charge in [0.25, 0.3) is 5.91 Å². The molecule has 21 heavy (non-hydrogen) atoms. The van der Waals surface area contributed by atoms with Gasteiger partial charge in [0.1, 0.15) is 10.6 Å². The third kappa shape index (κ3) is 3.82. The monoisotopic (exact) mass is 305 g/mol. The minimum Gasteiger partial charge on any atom is -0.484 e. The average molecular weight is 305 g/mol. The van der Waals surface area contributed by atoms with Crippen LogP contribution in [0.3, 0.4) is 0 Å². The fourth-order valence-corrected chi connectivity index (χ4v) is 2.56. The van der Waals surface area contributed by atoms with Crippen LogP contribution in [-0.4, -0.2) is 23.6 Å². The quantitative estimate of drug-likeness (QED) is 0.890. The molecular weight excluding hydrogens is 290 g/mol. The molecule has 0 saturated heterocycles. The molecule has 0 fully saturated rings. The highest BCUT2D eigenvalue weighted by Gasteiger charge is 2.17. The zero-order valence-electron chi connectivity index (χ0n) is 11.7. The van der Waals surface area contributed by atoms with E-state index in [1.54, 1.807) is 24.4 Å². The van der Waals surface area contributed by atoms with Gasteiger partial charge in [0, 0.05) is 0 Å². The summed E-state index contributed by atoms with van der Waals surface area (Å²) in [4.78, 5) is 23.0. The van der Waals surface area contributed by atoms with Gasteiger partial charge in [0.2, 0.25) is 0 Å². The maximum atomic E-state index is 11.9. The topological polar surface area (TPSA) is 75.6 Å². The molecule has 6 heteroatoms. The number of amides is 1. The van der Waals surface area contributed by atoms with Crippen molar-refractivity contribution >= 4 is 28.9 Å². The molecule has 2 N–H and O–H groups in total. The van der Waals surface area contributed by atoms with Crippen molar-refractivity contribution in [2.45, 2.75) is 13.8 Å². The van der Waals surface area contributed by atoms with Gasteiger partial charge in [-0.1, -0.05) is 17.7 Å². The van der Waals surface area contributed by atoms with Gasteiger partial charge in [-0.25, -0.2) is 4.79 Å². The predicted molar refractivity (Wildman–Crippen MR) is 81.3 cm³/mol. The van der Waals surface area contributed by atoms with Crippen LogP contribution in [0.2, 0.25) is 0 Å². The summed E-state index contributed by atoms with van der Waals surface area (Å²) in [6.07, 6.45) is 0. The molecule has 0 unspecified atom stereocenters. The van der Waals surface area contributed by atoms with E-state index in [0.717, 1.165) is 22.5 Å². The summed E-state index contributed by atoms with van der Waals surface area (Å²) in [6, 6.07) is 7.33. The van der Waals surface area contributed by atoms with E-state index in [4.69, 9.17) is 9.84 Å². The van der Waals surface area contributed by atoms with E-state index in [0.29, 0.717) is 11.4 Å². The third-order valence-electron chi connectivity index (χ3n) is 2.82. The maximum Gasteiger partial charge on any atom is 0.348 e. The van der Waals surface area contributed by atoms with E-state index >= 15 is 0 Å². The summed E-state index contributed by atoms with van der Waals surface area (Å²) < 4.78 is 5.36. The number of hydrogen-bond acceptors (Lipinski definition) is 4. The van der Waals surface area contributed by atoms with E-state index in [-0.39, 0.29) is 17.4 Å². The van der Waals surface area contributed by atoms with Crippen LogP contribution in [0.4, 0.5) is 5.69 Å². The van der Waals surface area contributed by atoms with E-state index in [2.05, 4.69) is 5.32 Å². The van der Waals surface area contributed by atoms with E-state index in [1.165, 1.54) is 0 Å². The summed E-state index contributed by atoms with van der Waals surface area (Å²) in [7, 11) is 0. The normalized spacial score (nSPS) is 10.2. The number of ether oxygens (including phenoxy) is 1. The van der Waals surface area contributed by atoms with Crippen LogP contribution >= 0.6 is 11.3 Å². The van der Waals surface area contributed by atoms with Crippen molar-refractivity contribution in [1.29, 1.82) is 0 Å². The summed E-state index contributed by atoms with van der Waals surface area (Å²) in [6.45, 7) is 3.54. The second-order valence-electron chi connectivity index (χ2n) is 4.58. The number of anilines is 1. The van der Waals surface area contributed by atoms with Crippen molar-refractivity contribution in [3.8, 4) is 5.75 Å². The number of benzene rings is 1. The van der Waals surface area contributed by atoms with E-state index in [9.17, 15) is 9.59 Å². The van der Waals surface area contributed by atoms with Gasteiger partial charge in [-0.2, -0.15) is 0 Å². The van der Waals surface area contributed by atoms with Crippen LogP contribution in [-0.2, 0) is 4.79 Å². The van der Waals surface area contributed by atoms with Gasteiger partial charge in [-0.3, -0.25) is 4.79 Å². The van der Waals surface area contributed by atoms with Gasteiger partial charge in [-0.15, -0.1) is 11.3 Å². The number of nitrogens with one attached hydrogen (secondary N) is 1. The smallest absolute Gasteiger partial charge is 0.348 e. The summed E-state index contributed by atoms with van der Waals surface area (Å²) >= 11 is 1.09. The first-order chi connectivity index (χ1) is 9.97. The predicted octanol–water partition coefficient (Wildman–Crippen LogP) is 3.08. The van der Waals surface area contributed by atoms with Crippen molar-refractivity contribution in [2.24, 2.45) is 0 Å². The Hall–Kier alpha value is -2.34. The molecule has 2 aromatic rings. The number of rotatable bonds is 5. The van der Waals surface area contributed by atoms with Gasteiger partial charge >= 0.3 is 5.97 Å². The van der Waals surface area contributed by atoms with Gasteiger partial charge < -0.3 is 15.2 Å². The molecule has 110 valence electrons. The molecule has 0 radical (unpaired) electrons. The highest BCUT2D eigenvalue weighted by atomic mass is 32.1. The molecular formula is C15H15NO4S. The zero-order valence-corrected chi connectivity index (χ0v) is 12.5. The molecule has 1 amide bonds. The molecule has 1 aromatic heterocycles. The Balaban J connectivity index is 1.97. The standard InChI is InChI=1S/C15H15NO4S/c1-9-3-5-11(6-4-9)20-7-12(17)16-13-10(2)8-21-14(13)15(18)19/h3-6,8H,7H2,1-2H3,(H,16,17)(H,18,19). The SMILES string of the molecule is Cc1ccc(OCC(=O)Nc2c(C)csc2C(=O)O)cc1. The van der Waals surface area contributed by atoms with Gasteiger partial charge in [0.05, 0.1) is 5.69 Å². The Morgan fingerprint density at radius 3 is 2.52 bits per heavy atom. The number of aryl methyl sites for hydroxylation is 2. The maximum absolute atomic E-state index is 11.9. The first-order valence-corrected chi connectivity index (χ1v) is 7.16. The van der Waals surface area contributed by atoms with Crippen LogP contribution < -0.4 is 10.1 Å². The van der Waals surface area contributed by atoms with E-state index in [1.807, 2.05) is 19.1 Å². The van der Waals surface area contributed by atoms with Crippen molar-refractivity contribution < 1.29 is 19.4 Å². The fraction of sp³-hybridized carbons (Fsp3) is 0.200. The summed E-state index contributed by atoms with van der Waals surface area (Å²) in [5.74, 6) is -0.848. The molecule has 0 saturated carbocycles. The second-order valence-corrected chi connectivity index (χ2v) is 5.46. The number of carboxylic acid groups (broad SMARTS) is 1. The minimum atomic E-state index is -1.05. The van der Waals surface area contributed by atoms with Crippen molar-refractivity contribution in [2.75, 3.05) is 11.9 Å². The minimum absolute atomic E-state index is 0.121. The lowest BCUT2D eigenvalue weighted by Gasteiger charge is -2.08. The Bertz CT molecular complexity index is 661. The van der Waals surface area contributed by atoms with Gasteiger partial charge in [0.15, 0.2) is 6.61 Å². The van der Waals surface area contributed by atoms with Crippen LogP contribution in [0.25, 0.3) is 0 Å². The first kappa shape index (κ1) is 15.1. The van der Waals surface area contributed by atoms with Crippen molar-refractivity contribution in [3.63, 3.8) is 0 Å². The number of hydrogen-bond donors (Lipinski definition) is 2. The van der Waals surface area contributed by atoms with Gasteiger partial charge in [-0.05, 0) is 36.9 Å². The van der Waals surface area contributed by atoms with Crippen LogP contribution in [0.1, 0.15) is 20.8 Å². The fourth-order valence-electron chi connectivity index (χ4n) is 1.72. The Kier molecular flexibility index (Phi) is 4.59. The Labute approximate surface area is 126 Å². The summed E-state index contributed by atoms with van der Waals surface area (Å²) in [5.41, 5.74) is 2.16. The molecule has 0 atom stereocenters. The molecule has 2 rings (SSSR count). The van der Waals surface area contributed by atoms with Crippen LogP contribution in [0.15, 0.2) is 29.6 Å². The first-order valence-electron chi connectivity index (χ1n) is 6.28. The number of aromatic carboxylic acids is 1. The Morgan fingerprint density at radius 2 is 1.90 bits per heavy atom. The zero-order chi connectivity index (χ0) is 15.4. The highest BCUT2D eigenvalue weighted by Crippen LogP contribution is 2.27. The average Bonchev–Trinajstić information content (AvgIpc) is 2.80. The largest absolute Gasteiger partial charge is 0.484 e. The molecule has 1 heterocycles. The van der Waals surface area contributed by atoms with Crippen molar-refractivity contribution in [3.05, 3.63) is 45.6 Å². The molecule has 0 spiro atoms. The molecule has 0 aliphatic heterocycles. The van der Waals surface area contributed by atoms with E-state index < -0.39 is 5.97 Å². The van der Waals surface area contributed by atoms with Crippen LogP contribution in [0.5, 0.6) is 5.75 Å². The number of thiophene rings is 1. The molecule has 0 aliphatic carbocycles. The molecule has 5 nitrogen and oxygen atoms in total. The molecule has 0 aliphatic rings. The molecule has 0 bridgehead atoms. The Morgan fingerprint density at radius 1 is 1.24 bits per heavy atom. The number of carboxylic acids is 1. The lowest BCUT2D eigenvalue weighted by atomic mass is 10.2. The number of carbonyl (C=O) groups is 2. The summed E-state index contributed by atoms with van der Waals surface area (Å²) in [5, 5.41) is 13.3. The molecule has 1 aromatic carbocycles. The second kappa shape index (κ2) is 6.41. The number of carbonyl (C=O) groups excluding carboxylic acids is 1. The van der Waals surface area contributed by atoms with Crippen molar-refractivity contribution in [1.82, 2.24) is 0 Å². The highest BCUT2D eigenvalue weighted by molar-refractivity contribution is 7.12. The third-order valence-corrected chi connectivity index (χ3v) is 3.91. The van der Waals surface area contributed by atoms with Crippen LogP contribution in [0, 0.1) is 13.8 Å².